The van der Waals surface area contributed by atoms with E-state index in [0.29, 0.717) is 17.9 Å². The first-order valence-corrected chi connectivity index (χ1v) is 7.51. The molecule has 0 amide bonds. The molecule has 0 saturated heterocycles. The second kappa shape index (κ2) is 5.41. The minimum Gasteiger partial charge on any atom is -0.478 e. The van der Waals surface area contributed by atoms with E-state index in [4.69, 9.17) is 5.11 Å². The fraction of sp³-hybridized carbons (Fsp3) is 0.263. The van der Waals surface area contributed by atoms with Crippen molar-refractivity contribution in [1.82, 2.24) is 0 Å². The van der Waals surface area contributed by atoms with Gasteiger partial charge in [0.1, 0.15) is 0 Å². The topological polar surface area (TPSA) is 54.4 Å². The Morgan fingerprint density at radius 3 is 2.41 bits per heavy atom. The second-order valence-electron chi connectivity index (χ2n) is 6.08. The number of carboxylic acids is 1. The van der Waals surface area contributed by atoms with Crippen LogP contribution in [0.4, 0.5) is 0 Å². The lowest BCUT2D eigenvalue weighted by molar-refractivity contribution is 0.0696. The van der Waals surface area contributed by atoms with E-state index in [9.17, 15) is 9.59 Å². The highest BCUT2D eigenvalue weighted by molar-refractivity contribution is 6.11. The maximum Gasteiger partial charge on any atom is 0.335 e. The van der Waals surface area contributed by atoms with Gasteiger partial charge in [0.2, 0.25) is 0 Å². The predicted molar refractivity (Wildman–Crippen MR) is 84.8 cm³/mol. The number of carboxylic acid groups (broad SMARTS) is 1. The van der Waals surface area contributed by atoms with E-state index in [1.807, 2.05) is 12.1 Å². The molecule has 0 atom stereocenters. The Kier molecular flexibility index (Phi) is 3.57. The zero-order chi connectivity index (χ0) is 15.9. The molecule has 0 bridgehead atoms. The lowest BCUT2D eigenvalue weighted by Crippen LogP contribution is -2.07. The van der Waals surface area contributed by atoms with Crippen molar-refractivity contribution in [2.24, 2.45) is 0 Å². The molecule has 1 aliphatic rings. The lowest BCUT2D eigenvalue weighted by atomic mass is 9.93. The van der Waals surface area contributed by atoms with Crippen molar-refractivity contribution in [2.45, 2.75) is 32.6 Å². The summed E-state index contributed by atoms with van der Waals surface area (Å²) in [7, 11) is 0. The largest absolute Gasteiger partial charge is 0.478 e. The zero-order valence-corrected chi connectivity index (χ0v) is 12.7. The molecule has 0 spiro atoms. The van der Waals surface area contributed by atoms with Crippen molar-refractivity contribution >= 4 is 11.8 Å². The Morgan fingerprint density at radius 1 is 1.00 bits per heavy atom. The Hall–Kier alpha value is -2.42. The minimum atomic E-state index is -0.959. The molecule has 1 N–H and O–H groups in total. The normalized spacial score (nSPS) is 13.5. The van der Waals surface area contributed by atoms with Crippen LogP contribution >= 0.6 is 0 Å². The number of benzene rings is 2. The molecule has 0 fully saturated rings. The predicted octanol–water partition coefficient (Wildman–Crippen LogP) is 3.84. The van der Waals surface area contributed by atoms with Crippen molar-refractivity contribution in [1.29, 1.82) is 0 Å². The number of ketones is 1. The monoisotopic (exact) mass is 294 g/mol. The van der Waals surface area contributed by atoms with Gasteiger partial charge in [-0.3, -0.25) is 4.79 Å². The fourth-order valence-electron chi connectivity index (χ4n) is 2.95. The van der Waals surface area contributed by atoms with Gasteiger partial charge in [0.25, 0.3) is 0 Å². The van der Waals surface area contributed by atoms with Gasteiger partial charge >= 0.3 is 5.97 Å². The molecule has 0 aromatic heterocycles. The standard InChI is InChI=1S/C19H18O3/c1-11(2)13-5-3-12-4-6-14-9-15(19(21)22)7-8-16(14)18(20)17(12)10-13/h3,5,7-11H,4,6H2,1-2H3,(H,21,22). The maximum atomic E-state index is 12.8. The van der Waals surface area contributed by atoms with Gasteiger partial charge in [-0.1, -0.05) is 26.0 Å². The van der Waals surface area contributed by atoms with E-state index in [0.717, 1.165) is 28.7 Å². The molecule has 3 rings (SSSR count). The van der Waals surface area contributed by atoms with Crippen molar-refractivity contribution in [3.63, 3.8) is 0 Å². The highest BCUT2D eigenvalue weighted by Gasteiger charge is 2.22. The zero-order valence-electron chi connectivity index (χ0n) is 12.7. The van der Waals surface area contributed by atoms with Crippen LogP contribution in [0.15, 0.2) is 36.4 Å². The van der Waals surface area contributed by atoms with Gasteiger partial charge in [-0.05, 0) is 59.7 Å². The summed E-state index contributed by atoms with van der Waals surface area (Å²) in [5, 5.41) is 9.11. The van der Waals surface area contributed by atoms with E-state index in [-0.39, 0.29) is 11.3 Å². The summed E-state index contributed by atoms with van der Waals surface area (Å²) in [5.41, 5.74) is 4.64. The van der Waals surface area contributed by atoms with Crippen LogP contribution in [0.25, 0.3) is 0 Å². The van der Waals surface area contributed by atoms with Gasteiger partial charge in [0, 0.05) is 11.1 Å². The van der Waals surface area contributed by atoms with Crippen LogP contribution in [0.5, 0.6) is 0 Å². The molecule has 112 valence electrons. The third kappa shape index (κ3) is 2.43. The lowest BCUT2D eigenvalue weighted by Gasteiger charge is -2.10. The molecule has 0 radical (unpaired) electrons. The van der Waals surface area contributed by atoms with E-state index in [1.54, 1.807) is 12.1 Å². The summed E-state index contributed by atoms with van der Waals surface area (Å²) in [4.78, 5) is 23.9. The number of aromatic carboxylic acids is 1. The number of hydrogen-bond donors (Lipinski definition) is 1. The summed E-state index contributed by atoms with van der Waals surface area (Å²) in [5.74, 6) is -0.587. The number of carbonyl (C=O) groups excluding carboxylic acids is 1. The number of aryl methyl sites for hydroxylation is 2. The third-order valence-electron chi connectivity index (χ3n) is 4.31. The fourth-order valence-corrected chi connectivity index (χ4v) is 2.95. The summed E-state index contributed by atoms with van der Waals surface area (Å²) >= 11 is 0. The first-order valence-electron chi connectivity index (χ1n) is 7.51. The Bertz CT molecular complexity index is 772. The average Bonchev–Trinajstić information content (AvgIpc) is 2.64. The molecule has 3 heteroatoms. The SMILES string of the molecule is CC(C)c1ccc2c(c1)C(=O)c1ccc(C(=O)O)cc1CC2. The quantitative estimate of drug-likeness (QED) is 0.915. The molecule has 0 unspecified atom stereocenters. The molecule has 0 saturated carbocycles. The van der Waals surface area contributed by atoms with Crippen LogP contribution in [0.2, 0.25) is 0 Å². The summed E-state index contributed by atoms with van der Waals surface area (Å²) in [6.07, 6.45) is 1.45. The molecular weight excluding hydrogens is 276 g/mol. The number of fused-ring (bicyclic) bond motifs is 2. The van der Waals surface area contributed by atoms with Gasteiger partial charge in [-0.15, -0.1) is 0 Å². The average molecular weight is 294 g/mol. The number of rotatable bonds is 2. The van der Waals surface area contributed by atoms with Crippen molar-refractivity contribution in [2.75, 3.05) is 0 Å². The second-order valence-corrected chi connectivity index (χ2v) is 6.08. The molecule has 1 aliphatic carbocycles. The van der Waals surface area contributed by atoms with Gasteiger partial charge in [-0.2, -0.15) is 0 Å². The van der Waals surface area contributed by atoms with E-state index in [1.165, 1.54) is 6.07 Å². The van der Waals surface area contributed by atoms with Crippen LogP contribution < -0.4 is 0 Å². The first kappa shape index (κ1) is 14.5. The van der Waals surface area contributed by atoms with Gasteiger partial charge in [0.05, 0.1) is 5.56 Å². The number of hydrogen-bond acceptors (Lipinski definition) is 2. The van der Waals surface area contributed by atoms with E-state index < -0.39 is 5.97 Å². The van der Waals surface area contributed by atoms with Crippen LogP contribution in [0.1, 0.15) is 62.7 Å². The number of carbonyl (C=O) groups is 2. The molecule has 0 aliphatic heterocycles. The minimum absolute atomic E-state index is 0.00180. The molecule has 22 heavy (non-hydrogen) atoms. The Morgan fingerprint density at radius 2 is 1.73 bits per heavy atom. The van der Waals surface area contributed by atoms with Gasteiger partial charge < -0.3 is 5.11 Å². The van der Waals surface area contributed by atoms with Crippen LogP contribution in [-0.2, 0) is 12.8 Å². The van der Waals surface area contributed by atoms with Crippen LogP contribution in [0, 0.1) is 0 Å². The van der Waals surface area contributed by atoms with Crippen LogP contribution in [-0.4, -0.2) is 16.9 Å². The highest BCUT2D eigenvalue weighted by atomic mass is 16.4. The summed E-state index contributed by atoms with van der Waals surface area (Å²) < 4.78 is 0. The Balaban J connectivity index is 2.11. The van der Waals surface area contributed by atoms with E-state index in [2.05, 4.69) is 19.9 Å². The smallest absolute Gasteiger partial charge is 0.335 e. The van der Waals surface area contributed by atoms with Crippen molar-refractivity contribution in [3.05, 3.63) is 69.8 Å². The van der Waals surface area contributed by atoms with Crippen LogP contribution in [0.3, 0.4) is 0 Å². The molecule has 2 aromatic rings. The highest BCUT2D eigenvalue weighted by Crippen LogP contribution is 2.28. The summed E-state index contributed by atoms with van der Waals surface area (Å²) in [6.45, 7) is 4.21. The molecule has 0 heterocycles. The summed E-state index contributed by atoms with van der Waals surface area (Å²) in [6, 6.07) is 10.9. The molecule has 3 nitrogen and oxygen atoms in total. The van der Waals surface area contributed by atoms with E-state index >= 15 is 0 Å². The third-order valence-corrected chi connectivity index (χ3v) is 4.31. The molecule has 2 aromatic carbocycles. The first-order chi connectivity index (χ1) is 10.5. The van der Waals surface area contributed by atoms with Crippen molar-refractivity contribution in [3.8, 4) is 0 Å². The van der Waals surface area contributed by atoms with Gasteiger partial charge in [0.15, 0.2) is 5.78 Å². The molecular formula is C19H18O3. The van der Waals surface area contributed by atoms with Gasteiger partial charge in [-0.25, -0.2) is 4.79 Å². The maximum absolute atomic E-state index is 12.8. The Labute approximate surface area is 129 Å². The van der Waals surface area contributed by atoms with Crippen molar-refractivity contribution < 1.29 is 14.7 Å².